The monoisotopic (exact) mass is 282 g/mol. The van der Waals surface area contributed by atoms with Gasteiger partial charge in [0.1, 0.15) is 6.10 Å². The molecular formula is C15H13ClF2O. The van der Waals surface area contributed by atoms with E-state index in [1.54, 1.807) is 25.1 Å². The Kier molecular flexibility index (Phi) is 3.88. The van der Waals surface area contributed by atoms with Crippen molar-refractivity contribution in [2.45, 2.75) is 20.0 Å². The van der Waals surface area contributed by atoms with Gasteiger partial charge in [0.05, 0.1) is 0 Å². The van der Waals surface area contributed by atoms with Crippen molar-refractivity contribution in [1.29, 1.82) is 0 Å². The maximum absolute atomic E-state index is 13.9. The number of hydrogen-bond acceptors (Lipinski definition) is 1. The van der Waals surface area contributed by atoms with Crippen LogP contribution >= 0.6 is 11.6 Å². The molecule has 2 aromatic rings. The van der Waals surface area contributed by atoms with Gasteiger partial charge in [-0.3, -0.25) is 0 Å². The first-order chi connectivity index (χ1) is 8.93. The molecule has 0 aromatic heterocycles. The summed E-state index contributed by atoms with van der Waals surface area (Å²) in [6.07, 6.45) is -1.24. The Morgan fingerprint density at radius 3 is 2.37 bits per heavy atom. The van der Waals surface area contributed by atoms with Gasteiger partial charge in [-0.25, -0.2) is 8.78 Å². The Labute approximate surface area is 115 Å². The van der Waals surface area contributed by atoms with E-state index in [9.17, 15) is 13.9 Å². The van der Waals surface area contributed by atoms with E-state index in [1.165, 1.54) is 19.1 Å². The summed E-state index contributed by atoms with van der Waals surface area (Å²) < 4.78 is 27.4. The van der Waals surface area contributed by atoms with Crippen molar-refractivity contribution in [3.63, 3.8) is 0 Å². The molecule has 0 aliphatic heterocycles. The normalized spacial score (nSPS) is 12.5. The van der Waals surface area contributed by atoms with Gasteiger partial charge in [0, 0.05) is 10.6 Å². The van der Waals surface area contributed by atoms with E-state index in [4.69, 9.17) is 11.6 Å². The van der Waals surface area contributed by atoms with Crippen molar-refractivity contribution >= 4 is 11.6 Å². The van der Waals surface area contributed by atoms with Gasteiger partial charge in [0.2, 0.25) is 0 Å². The number of halogens is 3. The van der Waals surface area contributed by atoms with Crippen molar-refractivity contribution in [3.05, 3.63) is 69.2 Å². The molecule has 0 bridgehead atoms. The lowest BCUT2D eigenvalue weighted by Gasteiger charge is -2.16. The summed E-state index contributed by atoms with van der Waals surface area (Å²) >= 11 is 5.96. The Morgan fingerprint density at radius 1 is 1.00 bits per heavy atom. The van der Waals surface area contributed by atoms with Crippen LogP contribution in [0.3, 0.4) is 0 Å². The number of aliphatic hydroxyl groups excluding tert-OH is 1. The largest absolute Gasteiger partial charge is 0.384 e. The lowest BCUT2D eigenvalue weighted by atomic mass is 9.96. The van der Waals surface area contributed by atoms with Gasteiger partial charge in [-0.1, -0.05) is 35.9 Å². The molecule has 1 N–H and O–H groups in total. The van der Waals surface area contributed by atoms with Crippen molar-refractivity contribution in [3.8, 4) is 0 Å². The predicted octanol–water partition coefficient (Wildman–Crippen LogP) is 4.32. The first kappa shape index (κ1) is 14.0. The van der Waals surface area contributed by atoms with Crippen LogP contribution in [0.25, 0.3) is 0 Å². The molecule has 2 rings (SSSR count). The van der Waals surface area contributed by atoms with E-state index in [0.29, 0.717) is 16.1 Å². The third-order valence-corrected chi connectivity index (χ3v) is 3.61. The minimum atomic E-state index is -1.24. The summed E-state index contributed by atoms with van der Waals surface area (Å²) in [5.41, 5.74) is 1.23. The minimum Gasteiger partial charge on any atom is -0.384 e. The summed E-state index contributed by atoms with van der Waals surface area (Å²) in [6, 6.07) is 7.81. The van der Waals surface area contributed by atoms with Crippen LogP contribution in [0.1, 0.15) is 28.4 Å². The molecule has 19 heavy (non-hydrogen) atoms. The van der Waals surface area contributed by atoms with Crippen LogP contribution in [0.5, 0.6) is 0 Å². The average Bonchev–Trinajstić information content (AvgIpc) is 2.39. The number of hydrogen-bond donors (Lipinski definition) is 1. The lowest BCUT2D eigenvalue weighted by molar-refractivity contribution is 0.212. The second-order valence-corrected chi connectivity index (χ2v) is 4.86. The Balaban J connectivity index is 2.53. The molecule has 0 aliphatic rings. The van der Waals surface area contributed by atoms with E-state index >= 15 is 0 Å². The molecule has 1 atom stereocenters. The molecule has 0 radical (unpaired) electrons. The van der Waals surface area contributed by atoms with Crippen LogP contribution in [0.4, 0.5) is 8.78 Å². The van der Waals surface area contributed by atoms with Crippen LogP contribution in [0, 0.1) is 25.5 Å². The maximum atomic E-state index is 13.9. The standard InChI is InChI=1S/C15H13ClF2O/c1-8-6-7-11(14(18)13(8)17)15(19)10-4-3-5-12(16)9(10)2/h3-7,15,19H,1-2H3. The van der Waals surface area contributed by atoms with Crippen LogP contribution in [0.2, 0.25) is 5.02 Å². The van der Waals surface area contributed by atoms with Crippen molar-refractivity contribution < 1.29 is 13.9 Å². The fourth-order valence-corrected chi connectivity index (χ4v) is 2.14. The summed E-state index contributed by atoms with van der Waals surface area (Å²) in [4.78, 5) is 0. The molecule has 1 unspecified atom stereocenters. The molecule has 1 nitrogen and oxygen atoms in total. The van der Waals surface area contributed by atoms with E-state index in [-0.39, 0.29) is 11.1 Å². The van der Waals surface area contributed by atoms with Gasteiger partial charge in [-0.05, 0) is 36.6 Å². The predicted molar refractivity (Wildman–Crippen MR) is 71.3 cm³/mol. The molecule has 0 heterocycles. The SMILES string of the molecule is Cc1ccc(C(O)c2cccc(Cl)c2C)c(F)c1F. The second kappa shape index (κ2) is 5.27. The Bertz CT molecular complexity index is 626. The van der Waals surface area contributed by atoms with Gasteiger partial charge < -0.3 is 5.11 Å². The molecule has 100 valence electrons. The fourth-order valence-electron chi connectivity index (χ4n) is 1.96. The highest BCUT2D eigenvalue weighted by atomic mass is 35.5. The van der Waals surface area contributed by atoms with Crippen LogP contribution in [-0.2, 0) is 0 Å². The van der Waals surface area contributed by atoms with Crippen molar-refractivity contribution in [2.24, 2.45) is 0 Å². The molecule has 0 aliphatic carbocycles. The highest BCUT2D eigenvalue weighted by Gasteiger charge is 2.20. The fraction of sp³-hybridized carbons (Fsp3) is 0.200. The lowest BCUT2D eigenvalue weighted by Crippen LogP contribution is -2.07. The molecule has 0 amide bonds. The van der Waals surface area contributed by atoms with Crippen molar-refractivity contribution in [2.75, 3.05) is 0 Å². The zero-order chi connectivity index (χ0) is 14.2. The molecule has 0 spiro atoms. The zero-order valence-corrected chi connectivity index (χ0v) is 11.3. The topological polar surface area (TPSA) is 20.2 Å². The summed E-state index contributed by atoms with van der Waals surface area (Å²) in [5.74, 6) is -1.96. The number of rotatable bonds is 2. The third-order valence-electron chi connectivity index (χ3n) is 3.20. The van der Waals surface area contributed by atoms with Gasteiger partial charge in [0.15, 0.2) is 11.6 Å². The van der Waals surface area contributed by atoms with Crippen LogP contribution < -0.4 is 0 Å². The minimum absolute atomic E-state index is 0.0894. The quantitative estimate of drug-likeness (QED) is 0.870. The second-order valence-electron chi connectivity index (χ2n) is 4.46. The average molecular weight is 283 g/mol. The highest BCUT2D eigenvalue weighted by molar-refractivity contribution is 6.31. The Hall–Kier alpha value is -1.45. The highest BCUT2D eigenvalue weighted by Crippen LogP contribution is 2.31. The molecule has 4 heteroatoms. The van der Waals surface area contributed by atoms with Gasteiger partial charge in [-0.2, -0.15) is 0 Å². The number of aryl methyl sites for hydroxylation is 1. The third kappa shape index (κ3) is 2.48. The van der Waals surface area contributed by atoms with Gasteiger partial charge in [-0.15, -0.1) is 0 Å². The molecular weight excluding hydrogens is 270 g/mol. The van der Waals surface area contributed by atoms with E-state index in [1.807, 2.05) is 0 Å². The van der Waals surface area contributed by atoms with Crippen molar-refractivity contribution in [1.82, 2.24) is 0 Å². The summed E-state index contributed by atoms with van der Waals surface area (Å²) in [7, 11) is 0. The molecule has 0 saturated heterocycles. The van der Waals surface area contributed by atoms with Crippen LogP contribution in [0.15, 0.2) is 30.3 Å². The number of benzene rings is 2. The maximum Gasteiger partial charge on any atom is 0.165 e. The zero-order valence-electron chi connectivity index (χ0n) is 10.5. The Morgan fingerprint density at radius 2 is 1.68 bits per heavy atom. The van der Waals surface area contributed by atoms with Gasteiger partial charge >= 0.3 is 0 Å². The summed E-state index contributed by atoms with van der Waals surface area (Å²) in [6.45, 7) is 3.20. The molecule has 0 saturated carbocycles. The van der Waals surface area contributed by atoms with E-state index < -0.39 is 17.7 Å². The van der Waals surface area contributed by atoms with Gasteiger partial charge in [0.25, 0.3) is 0 Å². The van der Waals surface area contributed by atoms with E-state index in [2.05, 4.69) is 0 Å². The van der Waals surface area contributed by atoms with Crippen LogP contribution in [-0.4, -0.2) is 5.11 Å². The van der Waals surface area contributed by atoms with E-state index in [0.717, 1.165) is 0 Å². The molecule has 0 fully saturated rings. The first-order valence-electron chi connectivity index (χ1n) is 5.81. The summed E-state index contributed by atoms with van der Waals surface area (Å²) in [5, 5.41) is 10.7. The molecule has 2 aromatic carbocycles. The first-order valence-corrected chi connectivity index (χ1v) is 6.19. The smallest absolute Gasteiger partial charge is 0.165 e. The number of aliphatic hydroxyl groups is 1.